The van der Waals surface area contributed by atoms with Gasteiger partial charge in [-0.2, -0.15) is 12.6 Å². The smallest absolute Gasteiger partial charge is 0.326 e. The quantitative estimate of drug-likeness (QED) is 0.256. The molecule has 1 amide bonds. The molecular formula is C13H24N4O5S. The van der Waals surface area contributed by atoms with Crippen LogP contribution in [0.25, 0.3) is 0 Å². The average Bonchev–Trinajstić information content (AvgIpc) is 2.95. The van der Waals surface area contributed by atoms with E-state index in [-0.39, 0.29) is 24.3 Å². The first-order chi connectivity index (χ1) is 10.6. The highest BCUT2D eigenvalue weighted by molar-refractivity contribution is 7.80. The second kappa shape index (κ2) is 9.93. The van der Waals surface area contributed by atoms with Gasteiger partial charge in [-0.25, -0.2) is 4.79 Å². The molecule has 0 saturated carbocycles. The summed E-state index contributed by atoms with van der Waals surface area (Å²) >= 11 is 4.03. The Bertz CT molecular complexity index is 460. The fraction of sp³-hybridized carbons (Fsp3) is 0.692. The van der Waals surface area contributed by atoms with Crippen LogP contribution in [-0.4, -0.2) is 75.8 Å². The Hall–Kier alpha value is -1.97. The zero-order valence-electron chi connectivity index (χ0n) is 13.2. The van der Waals surface area contributed by atoms with Crippen LogP contribution in [0.4, 0.5) is 0 Å². The first kappa shape index (κ1) is 21.0. The predicted molar refractivity (Wildman–Crippen MR) is 87.6 cm³/mol. The zero-order valence-corrected chi connectivity index (χ0v) is 14.1. The molecule has 0 aromatic rings. The van der Waals surface area contributed by atoms with Gasteiger partial charge in [0, 0.05) is 25.3 Å². The second-order valence-electron chi connectivity index (χ2n) is 5.25. The van der Waals surface area contributed by atoms with Crippen molar-refractivity contribution in [1.82, 2.24) is 9.80 Å². The minimum Gasteiger partial charge on any atom is -0.480 e. The summed E-state index contributed by atoms with van der Waals surface area (Å²) in [7, 11) is 1.44. The second-order valence-corrected chi connectivity index (χ2v) is 5.61. The Morgan fingerprint density at radius 2 is 2.00 bits per heavy atom. The maximum atomic E-state index is 11.7. The Morgan fingerprint density at radius 3 is 2.35 bits per heavy atom. The summed E-state index contributed by atoms with van der Waals surface area (Å²) < 4.78 is 0. The van der Waals surface area contributed by atoms with Crippen molar-refractivity contribution in [3.8, 4) is 0 Å². The highest BCUT2D eigenvalue weighted by Gasteiger charge is 2.35. The van der Waals surface area contributed by atoms with Crippen LogP contribution >= 0.6 is 12.6 Å². The molecule has 0 unspecified atom stereocenters. The number of rotatable bonds is 5. The number of aliphatic carboxylic acids is 2. The topological polar surface area (TPSA) is 148 Å². The Labute approximate surface area is 140 Å². The number of carboxylic acids is 2. The van der Waals surface area contributed by atoms with E-state index >= 15 is 0 Å². The van der Waals surface area contributed by atoms with Crippen LogP contribution in [-0.2, 0) is 14.4 Å². The number of carbonyl (C=O) groups is 3. The van der Waals surface area contributed by atoms with Gasteiger partial charge in [0.05, 0.1) is 0 Å². The van der Waals surface area contributed by atoms with Crippen molar-refractivity contribution < 1.29 is 24.6 Å². The number of likely N-dealkylation sites (tertiary alicyclic amines) is 1. The number of hydrogen-bond acceptors (Lipinski definition) is 5. The number of nitrogens with zero attached hydrogens (tertiary/aromatic N) is 2. The molecule has 1 aliphatic rings. The molecule has 0 bridgehead atoms. The molecule has 10 heteroatoms. The van der Waals surface area contributed by atoms with E-state index < -0.39 is 18.0 Å². The summed E-state index contributed by atoms with van der Waals surface area (Å²) in [6.07, 6.45) is 1.35. The molecule has 1 saturated heterocycles. The van der Waals surface area contributed by atoms with Gasteiger partial charge in [0.15, 0.2) is 5.96 Å². The van der Waals surface area contributed by atoms with Crippen molar-refractivity contribution in [1.29, 1.82) is 5.41 Å². The summed E-state index contributed by atoms with van der Waals surface area (Å²) in [5.74, 6) is -1.96. The van der Waals surface area contributed by atoms with E-state index in [1.807, 2.05) is 0 Å². The molecule has 1 fully saturated rings. The molecule has 1 aliphatic heterocycles. The molecule has 0 radical (unpaired) electrons. The summed E-state index contributed by atoms with van der Waals surface area (Å²) in [4.78, 5) is 35.0. The first-order valence-corrected chi connectivity index (χ1v) is 7.66. The monoisotopic (exact) mass is 348 g/mol. The van der Waals surface area contributed by atoms with Gasteiger partial charge in [-0.1, -0.05) is 6.92 Å². The van der Waals surface area contributed by atoms with Crippen LogP contribution in [0.1, 0.15) is 19.8 Å². The Morgan fingerprint density at radius 1 is 1.43 bits per heavy atom. The standard InChI is InChI=1S/C9H15NO3S.C4H9N3O2/c1-6(5-14)8(11)10-4-2-3-7(10)9(12)13;1-7(4(5)6)2-3(8)9/h6-7,14H,2-5H2,1H3,(H,12,13);2H2,1H3,(H3,5,6)(H,8,9)/t6-,7+;/m1./s1. The van der Waals surface area contributed by atoms with E-state index in [0.29, 0.717) is 18.7 Å². The Kier molecular flexibility index (Phi) is 9.08. The number of likely N-dealkylation sites (N-methyl/N-ethyl adjacent to an activating group) is 1. The van der Waals surface area contributed by atoms with E-state index in [1.54, 1.807) is 6.92 Å². The molecular weight excluding hydrogens is 324 g/mol. The third-order valence-electron chi connectivity index (χ3n) is 3.30. The van der Waals surface area contributed by atoms with Gasteiger partial charge < -0.3 is 25.7 Å². The van der Waals surface area contributed by atoms with E-state index in [0.717, 1.165) is 11.3 Å². The lowest BCUT2D eigenvalue weighted by atomic mass is 10.1. The van der Waals surface area contributed by atoms with Crippen molar-refractivity contribution in [3.63, 3.8) is 0 Å². The number of amides is 1. The molecule has 132 valence electrons. The van der Waals surface area contributed by atoms with E-state index in [2.05, 4.69) is 12.6 Å². The van der Waals surface area contributed by atoms with Crippen LogP contribution in [0.2, 0.25) is 0 Å². The third kappa shape index (κ3) is 7.22. The van der Waals surface area contributed by atoms with Crippen LogP contribution in [0.3, 0.4) is 0 Å². The van der Waals surface area contributed by atoms with Crippen LogP contribution in [0.5, 0.6) is 0 Å². The molecule has 23 heavy (non-hydrogen) atoms. The number of carboxylic acid groups (broad SMARTS) is 2. The third-order valence-corrected chi connectivity index (χ3v) is 3.85. The van der Waals surface area contributed by atoms with Gasteiger partial charge in [0.2, 0.25) is 5.91 Å². The lowest BCUT2D eigenvalue weighted by Crippen LogP contribution is -2.43. The van der Waals surface area contributed by atoms with Gasteiger partial charge in [-0.3, -0.25) is 15.0 Å². The summed E-state index contributed by atoms with van der Waals surface area (Å²) in [5.41, 5.74) is 4.93. The van der Waals surface area contributed by atoms with Crippen LogP contribution in [0.15, 0.2) is 0 Å². The molecule has 0 aromatic carbocycles. The fourth-order valence-electron chi connectivity index (χ4n) is 1.94. The molecule has 5 N–H and O–H groups in total. The largest absolute Gasteiger partial charge is 0.480 e. The number of thiol groups is 1. The number of guanidine groups is 1. The molecule has 0 aromatic heterocycles. The number of nitrogens with one attached hydrogen (secondary N) is 1. The number of nitrogens with two attached hydrogens (primary N) is 1. The van der Waals surface area contributed by atoms with Crippen LogP contribution < -0.4 is 5.73 Å². The molecule has 9 nitrogen and oxygen atoms in total. The fourth-order valence-corrected chi connectivity index (χ4v) is 2.09. The van der Waals surface area contributed by atoms with Gasteiger partial charge in [-0.15, -0.1) is 0 Å². The minimum absolute atomic E-state index is 0.0927. The van der Waals surface area contributed by atoms with E-state index in [9.17, 15) is 14.4 Å². The van der Waals surface area contributed by atoms with Gasteiger partial charge in [0.1, 0.15) is 12.6 Å². The molecule has 0 aliphatic carbocycles. The first-order valence-electron chi connectivity index (χ1n) is 7.02. The van der Waals surface area contributed by atoms with Crippen molar-refractivity contribution in [2.24, 2.45) is 11.7 Å². The maximum absolute atomic E-state index is 11.7. The zero-order chi connectivity index (χ0) is 18.2. The van der Waals surface area contributed by atoms with Gasteiger partial charge in [-0.05, 0) is 12.8 Å². The lowest BCUT2D eigenvalue weighted by molar-refractivity contribution is -0.149. The highest BCUT2D eigenvalue weighted by atomic mass is 32.1. The molecule has 1 heterocycles. The van der Waals surface area contributed by atoms with Gasteiger partial charge in [0.25, 0.3) is 0 Å². The minimum atomic E-state index is -0.993. The highest BCUT2D eigenvalue weighted by Crippen LogP contribution is 2.20. The lowest BCUT2D eigenvalue weighted by Gasteiger charge is -2.24. The van der Waals surface area contributed by atoms with Crippen molar-refractivity contribution in [2.45, 2.75) is 25.8 Å². The molecule has 2 atom stereocenters. The van der Waals surface area contributed by atoms with E-state index in [1.165, 1.54) is 11.9 Å². The van der Waals surface area contributed by atoms with E-state index in [4.69, 9.17) is 21.4 Å². The summed E-state index contributed by atoms with van der Waals surface area (Å²) in [6, 6.07) is -0.621. The molecule has 0 spiro atoms. The number of carbonyl (C=O) groups excluding carboxylic acids is 1. The summed E-state index contributed by atoms with van der Waals surface area (Å²) in [5, 5.41) is 23.7. The SMILES string of the molecule is CN(CC(=O)O)C(=N)N.C[C@H](CS)C(=O)N1CCC[C@H]1C(=O)O. The van der Waals surface area contributed by atoms with Crippen LogP contribution in [0, 0.1) is 11.3 Å². The average molecular weight is 348 g/mol. The predicted octanol–water partition coefficient (Wildman–Crippen LogP) is -0.476. The van der Waals surface area contributed by atoms with Crippen molar-refractivity contribution in [2.75, 3.05) is 25.9 Å². The number of hydrogen-bond donors (Lipinski definition) is 5. The van der Waals surface area contributed by atoms with Crippen molar-refractivity contribution in [3.05, 3.63) is 0 Å². The normalized spacial score (nSPS) is 17.7. The molecule has 1 rings (SSSR count). The van der Waals surface area contributed by atoms with Crippen molar-refractivity contribution >= 4 is 36.4 Å². The Balaban J connectivity index is 0.000000468. The maximum Gasteiger partial charge on any atom is 0.326 e. The summed E-state index contributed by atoms with van der Waals surface area (Å²) in [6.45, 7) is 2.11. The van der Waals surface area contributed by atoms with Gasteiger partial charge >= 0.3 is 11.9 Å².